The number of aliphatic imine (C=N–C) groups is 1. The van der Waals surface area contributed by atoms with Crippen molar-refractivity contribution in [3.63, 3.8) is 0 Å². The quantitative estimate of drug-likeness (QED) is 0.548. The Hall–Kier alpha value is -2.82. The Morgan fingerprint density at radius 1 is 0.963 bits per heavy atom. The third-order valence-corrected chi connectivity index (χ3v) is 3.97. The number of alkyl carbamates (subject to hydrolysis) is 1. The average Bonchev–Trinajstić information content (AvgIpc) is 2.69. The van der Waals surface area contributed by atoms with E-state index in [-0.39, 0.29) is 18.6 Å². The molecule has 0 aliphatic carbocycles. The first-order valence-electron chi connectivity index (χ1n) is 9.28. The molecule has 1 unspecified atom stereocenters. The molecule has 0 spiro atoms. The summed E-state index contributed by atoms with van der Waals surface area (Å²) in [5.74, 6) is 0.628. The number of nitrogens with zero attached hydrogens (tertiary/aromatic N) is 1. The maximum absolute atomic E-state index is 12.3. The number of hydrogen-bond donors (Lipinski definition) is 1. The second kappa shape index (κ2) is 11.0. The third kappa shape index (κ3) is 7.13. The van der Waals surface area contributed by atoms with Gasteiger partial charge in [0.1, 0.15) is 12.6 Å². The van der Waals surface area contributed by atoms with E-state index >= 15 is 0 Å². The Morgan fingerprint density at radius 3 is 2.11 bits per heavy atom. The fourth-order valence-corrected chi connectivity index (χ4v) is 2.54. The predicted octanol–water partition coefficient (Wildman–Crippen LogP) is 4.57. The molecule has 0 heterocycles. The summed E-state index contributed by atoms with van der Waals surface area (Å²) >= 11 is 0. The number of benzene rings is 2. The van der Waals surface area contributed by atoms with Crippen molar-refractivity contribution in [1.29, 1.82) is 0 Å². The van der Waals surface area contributed by atoms with Gasteiger partial charge in [0.25, 0.3) is 0 Å². The van der Waals surface area contributed by atoms with Crippen molar-refractivity contribution in [2.75, 3.05) is 6.61 Å². The largest absolute Gasteiger partial charge is 0.480 e. The summed E-state index contributed by atoms with van der Waals surface area (Å²) in [4.78, 5) is 16.9. The lowest BCUT2D eigenvalue weighted by Gasteiger charge is -2.23. The summed E-state index contributed by atoms with van der Waals surface area (Å²) in [6.45, 7) is 7.14. The first-order valence-corrected chi connectivity index (χ1v) is 9.28. The number of carbonyl (C=O) groups is 1. The zero-order valence-electron chi connectivity index (χ0n) is 16.2. The first kappa shape index (κ1) is 20.5. The average molecular weight is 368 g/mol. The van der Waals surface area contributed by atoms with Gasteiger partial charge in [-0.2, -0.15) is 0 Å². The highest BCUT2D eigenvalue weighted by Gasteiger charge is 2.24. The zero-order valence-corrected chi connectivity index (χ0v) is 16.2. The van der Waals surface area contributed by atoms with Gasteiger partial charge in [0.15, 0.2) is 0 Å². The van der Waals surface area contributed by atoms with Crippen molar-refractivity contribution >= 4 is 12.0 Å². The van der Waals surface area contributed by atoms with Crippen LogP contribution in [0.3, 0.4) is 0 Å². The Bertz CT molecular complexity index is 715. The number of rotatable bonds is 8. The SMILES string of the molecule is CCO/C(=N/Cc1ccccc1)C(NC(=O)OCc1ccccc1)C(C)C. The smallest absolute Gasteiger partial charge is 0.408 e. The van der Waals surface area contributed by atoms with Gasteiger partial charge in [-0.25, -0.2) is 9.79 Å². The van der Waals surface area contributed by atoms with Crippen molar-refractivity contribution in [2.45, 2.75) is 40.0 Å². The highest BCUT2D eigenvalue weighted by Crippen LogP contribution is 2.10. The normalized spacial score (nSPS) is 12.5. The molecule has 2 rings (SSSR count). The van der Waals surface area contributed by atoms with Crippen LogP contribution >= 0.6 is 0 Å². The maximum atomic E-state index is 12.3. The van der Waals surface area contributed by atoms with E-state index in [0.717, 1.165) is 11.1 Å². The minimum atomic E-state index is -0.482. The van der Waals surface area contributed by atoms with Crippen molar-refractivity contribution < 1.29 is 14.3 Å². The van der Waals surface area contributed by atoms with Gasteiger partial charge in [0.2, 0.25) is 5.90 Å². The Labute approximate surface area is 161 Å². The van der Waals surface area contributed by atoms with Gasteiger partial charge in [0.05, 0.1) is 13.2 Å². The number of nitrogens with one attached hydrogen (secondary N) is 1. The van der Waals surface area contributed by atoms with Gasteiger partial charge < -0.3 is 14.8 Å². The monoisotopic (exact) mass is 368 g/mol. The number of hydrogen-bond acceptors (Lipinski definition) is 4. The van der Waals surface area contributed by atoms with Crippen molar-refractivity contribution in [3.8, 4) is 0 Å². The molecule has 5 heteroatoms. The van der Waals surface area contributed by atoms with E-state index in [1.54, 1.807) is 0 Å². The van der Waals surface area contributed by atoms with Crippen LogP contribution in [-0.4, -0.2) is 24.6 Å². The number of carbonyl (C=O) groups excluding carboxylic acids is 1. The van der Waals surface area contributed by atoms with Crippen molar-refractivity contribution in [3.05, 3.63) is 71.8 Å². The molecule has 2 aromatic rings. The molecule has 0 saturated heterocycles. The minimum absolute atomic E-state index is 0.107. The molecule has 1 N–H and O–H groups in total. The summed E-state index contributed by atoms with van der Waals surface area (Å²) in [6, 6.07) is 19.2. The van der Waals surface area contributed by atoms with E-state index in [0.29, 0.717) is 19.0 Å². The lowest BCUT2D eigenvalue weighted by molar-refractivity contribution is 0.134. The van der Waals surface area contributed by atoms with Crippen LogP contribution in [0.1, 0.15) is 31.9 Å². The summed E-state index contributed by atoms with van der Waals surface area (Å²) < 4.78 is 11.1. The molecular formula is C22H28N2O3. The molecule has 144 valence electrons. The Balaban J connectivity index is 2.01. The first-order chi connectivity index (χ1) is 13.1. The van der Waals surface area contributed by atoms with E-state index in [1.165, 1.54) is 0 Å². The van der Waals surface area contributed by atoms with Crippen LogP contribution in [0.25, 0.3) is 0 Å². The molecule has 0 fully saturated rings. The van der Waals surface area contributed by atoms with Gasteiger partial charge in [-0.15, -0.1) is 0 Å². The predicted molar refractivity (Wildman–Crippen MR) is 108 cm³/mol. The zero-order chi connectivity index (χ0) is 19.5. The molecular weight excluding hydrogens is 340 g/mol. The van der Waals surface area contributed by atoms with E-state index in [1.807, 2.05) is 81.4 Å². The van der Waals surface area contributed by atoms with Gasteiger partial charge in [-0.1, -0.05) is 74.5 Å². The molecule has 0 aromatic heterocycles. The van der Waals surface area contributed by atoms with E-state index < -0.39 is 6.09 Å². The summed E-state index contributed by atoms with van der Waals surface area (Å²) in [5, 5.41) is 2.89. The third-order valence-electron chi connectivity index (χ3n) is 3.97. The maximum Gasteiger partial charge on any atom is 0.408 e. The van der Waals surface area contributed by atoms with E-state index in [2.05, 4.69) is 10.3 Å². The van der Waals surface area contributed by atoms with Gasteiger partial charge in [-0.05, 0) is 24.0 Å². The molecule has 27 heavy (non-hydrogen) atoms. The highest BCUT2D eigenvalue weighted by atomic mass is 16.5. The molecule has 0 aliphatic heterocycles. The van der Waals surface area contributed by atoms with Gasteiger partial charge in [-0.3, -0.25) is 0 Å². The number of ether oxygens (including phenoxy) is 2. The topological polar surface area (TPSA) is 59.9 Å². The lowest BCUT2D eigenvalue weighted by atomic mass is 10.0. The molecule has 1 atom stereocenters. The molecule has 0 saturated carbocycles. The van der Waals surface area contributed by atoms with Crippen LogP contribution in [-0.2, 0) is 22.6 Å². The molecule has 2 aromatic carbocycles. The fraction of sp³-hybridized carbons (Fsp3) is 0.364. The lowest BCUT2D eigenvalue weighted by Crippen LogP contribution is -2.45. The second-order valence-corrected chi connectivity index (χ2v) is 6.50. The Kier molecular flexibility index (Phi) is 8.36. The van der Waals surface area contributed by atoms with Crippen molar-refractivity contribution in [1.82, 2.24) is 5.32 Å². The fourth-order valence-electron chi connectivity index (χ4n) is 2.54. The summed E-state index contributed by atoms with van der Waals surface area (Å²) in [6.07, 6.45) is -0.482. The Morgan fingerprint density at radius 2 is 1.56 bits per heavy atom. The van der Waals surface area contributed by atoms with E-state index in [4.69, 9.17) is 9.47 Å². The molecule has 0 radical (unpaired) electrons. The van der Waals surface area contributed by atoms with Crippen LogP contribution in [0.2, 0.25) is 0 Å². The van der Waals surface area contributed by atoms with Crippen LogP contribution < -0.4 is 5.32 Å². The van der Waals surface area contributed by atoms with E-state index in [9.17, 15) is 4.79 Å². The molecule has 0 bridgehead atoms. The minimum Gasteiger partial charge on any atom is -0.480 e. The van der Waals surface area contributed by atoms with Gasteiger partial charge >= 0.3 is 6.09 Å². The van der Waals surface area contributed by atoms with Crippen LogP contribution in [0, 0.1) is 5.92 Å². The second-order valence-electron chi connectivity index (χ2n) is 6.50. The van der Waals surface area contributed by atoms with Gasteiger partial charge in [0, 0.05) is 0 Å². The molecule has 1 amide bonds. The summed E-state index contributed by atoms with van der Waals surface area (Å²) in [7, 11) is 0. The standard InChI is InChI=1S/C22H28N2O3/c1-4-26-21(23-15-18-11-7-5-8-12-18)20(17(2)3)24-22(25)27-16-19-13-9-6-10-14-19/h5-14,17,20H,4,15-16H2,1-3H3,(H,24,25)/b23-21+. The molecule has 0 aliphatic rings. The van der Waals surface area contributed by atoms with Crippen LogP contribution in [0.4, 0.5) is 4.79 Å². The highest BCUT2D eigenvalue weighted by molar-refractivity contribution is 5.86. The van der Waals surface area contributed by atoms with Crippen LogP contribution in [0.15, 0.2) is 65.7 Å². The summed E-state index contributed by atoms with van der Waals surface area (Å²) in [5.41, 5.74) is 2.03. The number of amides is 1. The van der Waals surface area contributed by atoms with Crippen molar-refractivity contribution in [2.24, 2.45) is 10.9 Å². The molecule has 5 nitrogen and oxygen atoms in total. The van der Waals surface area contributed by atoms with Crippen LogP contribution in [0.5, 0.6) is 0 Å².